The van der Waals surface area contributed by atoms with Crippen LogP contribution in [0, 0.1) is 0 Å². The number of rotatable bonds is 5. The second-order valence-electron chi connectivity index (χ2n) is 5.67. The molecule has 20 heavy (non-hydrogen) atoms. The Morgan fingerprint density at radius 1 is 1.15 bits per heavy atom. The molecule has 2 rings (SSSR count). The van der Waals surface area contributed by atoms with Gasteiger partial charge in [0.15, 0.2) is 0 Å². The zero-order valence-corrected chi connectivity index (χ0v) is 13.1. The fourth-order valence-corrected chi connectivity index (χ4v) is 2.64. The SMILES string of the molecule is CN(C)CCN1CCN(Cc2cccc(Cl)c2O)CC1. The lowest BCUT2D eigenvalue weighted by Gasteiger charge is -2.35. The summed E-state index contributed by atoms with van der Waals surface area (Å²) in [5.41, 5.74) is 0.916. The summed E-state index contributed by atoms with van der Waals surface area (Å²) in [4.78, 5) is 7.09. The van der Waals surface area contributed by atoms with E-state index in [0.29, 0.717) is 5.02 Å². The monoisotopic (exact) mass is 297 g/mol. The standard InChI is InChI=1S/C15H24ClN3O/c1-17(2)6-7-18-8-10-19(11-9-18)12-13-4-3-5-14(16)15(13)20/h3-5,20H,6-12H2,1-2H3. The minimum atomic E-state index is 0.226. The summed E-state index contributed by atoms with van der Waals surface area (Å²) in [6, 6.07) is 5.56. The van der Waals surface area contributed by atoms with Crippen molar-refractivity contribution in [3.05, 3.63) is 28.8 Å². The normalized spacial score (nSPS) is 17.8. The number of para-hydroxylation sites is 1. The third-order valence-corrected chi connectivity index (χ3v) is 4.10. The molecule has 0 radical (unpaired) electrons. The molecule has 1 aromatic carbocycles. The number of nitrogens with zero attached hydrogens (tertiary/aromatic N) is 3. The summed E-state index contributed by atoms with van der Waals surface area (Å²) in [7, 11) is 4.22. The van der Waals surface area contributed by atoms with Crippen molar-refractivity contribution in [2.45, 2.75) is 6.54 Å². The molecule has 0 aromatic heterocycles. The second kappa shape index (κ2) is 7.27. The number of likely N-dealkylation sites (N-methyl/N-ethyl adjacent to an activating group) is 1. The Morgan fingerprint density at radius 3 is 2.45 bits per heavy atom. The lowest BCUT2D eigenvalue weighted by Crippen LogP contribution is -2.47. The van der Waals surface area contributed by atoms with E-state index in [1.54, 1.807) is 6.07 Å². The summed E-state index contributed by atoms with van der Waals surface area (Å²) in [5.74, 6) is 0.226. The Bertz CT molecular complexity index is 431. The van der Waals surface area contributed by atoms with Crippen LogP contribution in [0.1, 0.15) is 5.56 Å². The van der Waals surface area contributed by atoms with E-state index in [4.69, 9.17) is 11.6 Å². The van der Waals surface area contributed by atoms with Gasteiger partial charge in [-0.05, 0) is 20.2 Å². The topological polar surface area (TPSA) is 30.0 Å². The summed E-state index contributed by atoms with van der Waals surface area (Å²) in [5, 5.41) is 10.4. The molecule has 0 spiro atoms. The quantitative estimate of drug-likeness (QED) is 0.896. The van der Waals surface area contributed by atoms with Gasteiger partial charge in [-0.25, -0.2) is 0 Å². The van der Waals surface area contributed by atoms with Crippen LogP contribution < -0.4 is 0 Å². The molecule has 1 saturated heterocycles. The van der Waals surface area contributed by atoms with Gasteiger partial charge in [0.25, 0.3) is 0 Å². The second-order valence-corrected chi connectivity index (χ2v) is 6.08. The van der Waals surface area contributed by atoms with Crippen LogP contribution in [-0.4, -0.2) is 73.2 Å². The van der Waals surface area contributed by atoms with Gasteiger partial charge >= 0.3 is 0 Å². The number of phenols is 1. The minimum absolute atomic E-state index is 0.226. The average molecular weight is 298 g/mol. The van der Waals surface area contributed by atoms with E-state index in [0.717, 1.165) is 51.4 Å². The number of aromatic hydroxyl groups is 1. The molecule has 4 nitrogen and oxygen atoms in total. The van der Waals surface area contributed by atoms with Gasteiger partial charge in [0.1, 0.15) is 5.75 Å². The minimum Gasteiger partial charge on any atom is -0.506 e. The Morgan fingerprint density at radius 2 is 1.80 bits per heavy atom. The molecule has 0 aliphatic carbocycles. The number of halogens is 1. The van der Waals surface area contributed by atoms with Gasteiger partial charge in [0, 0.05) is 51.4 Å². The van der Waals surface area contributed by atoms with E-state index < -0.39 is 0 Å². The maximum absolute atomic E-state index is 9.95. The first-order valence-corrected chi connectivity index (χ1v) is 7.50. The third kappa shape index (κ3) is 4.35. The van der Waals surface area contributed by atoms with Gasteiger partial charge < -0.3 is 10.0 Å². The molecule has 1 N–H and O–H groups in total. The Kier molecular flexibility index (Phi) is 5.66. The highest BCUT2D eigenvalue weighted by Crippen LogP contribution is 2.28. The van der Waals surface area contributed by atoms with Gasteiger partial charge in [-0.15, -0.1) is 0 Å². The van der Waals surface area contributed by atoms with E-state index >= 15 is 0 Å². The smallest absolute Gasteiger partial charge is 0.138 e. The van der Waals surface area contributed by atoms with Crippen molar-refractivity contribution in [3.8, 4) is 5.75 Å². The Balaban J connectivity index is 1.81. The number of hydrogen-bond donors (Lipinski definition) is 1. The summed E-state index contributed by atoms with van der Waals surface area (Å²) in [6.45, 7) is 7.27. The van der Waals surface area contributed by atoms with Crippen molar-refractivity contribution < 1.29 is 5.11 Å². The first kappa shape index (κ1) is 15.6. The Labute approximate surface area is 126 Å². The molecule has 0 atom stereocenters. The zero-order valence-electron chi connectivity index (χ0n) is 12.3. The average Bonchev–Trinajstić information content (AvgIpc) is 2.43. The predicted octanol–water partition coefficient (Wildman–Crippen LogP) is 1.72. The van der Waals surface area contributed by atoms with Crippen molar-refractivity contribution in [2.24, 2.45) is 0 Å². The van der Waals surface area contributed by atoms with Crippen molar-refractivity contribution in [1.82, 2.24) is 14.7 Å². The molecular formula is C15H24ClN3O. The molecule has 0 saturated carbocycles. The largest absolute Gasteiger partial charge is 0.506 e. The molecule has 0 bridgehead atoms. The fraction of sp³-hybridized carbons (Fsp3) is 0.600. The van der Waals surface area contributed by atoms with Crippen LogP contribution in [0.15, 0.2) is 18.2 Å². The van der Waals surface area contributed by atoms with Gasteiger partial charge in [0.05, 0.1) is 5.02 Å². The summed E-state index contributed by atoms with van der Waals surface area (Å²) in [6.07, 6.45) is 0. The summed E-state index contributed by atoms with van der Waals surface area (Å²) < 4.78 is 0. The van der Waals surface area contributed by atoms with E-state index in [2.05, 4.69) is 28.8 Å². The van der Waals surface area contributed by atoms with E-state index in [1.165, 1.54) is 0 Å². The maximum atomic E-state index is 9.95. The van der Waals surface area contributed by atoms with E-state index in [9.17, 15) is 5.11 Å². The van der Waals surface area contributed by atoms with Crippen molar-refractivity contribution in [1.29, 1.82) is 0 Å². The molecule has 1 heterocycles. The van der Waals surface area contributed by atoms with Gasteiger partial charge in [-0.1, -0.05) is 23.7 Å². The molecule has 0 amide bonds. The van der Waals surface area contributed by atoms with Crippen LogP contribution in [0.3, 0.4) is 0 Å². The molecule has 1 fully saturated rings. The number of piperazine rings is 1. The molecule has 1 aliphatic rings. The number of phenolic OH excluding ortho intramolecular Hbond substituents is 1. The van der Waals surface area contributed by atoms with Crippen LogP contribution in [0.5, 0.6) is 5.75 Å². The maximum Gasteiger partial charge on any atom is 0.138 e. The lowest BCUT2D eigenvalue weighted by atomic mass is 10.1. The molecular weight excluding hydrogens is 274 g/mol. The van der Waals surface area contributed by atoms with Crippen molar-refractivity contribution in [3.63, 3.8) is 0 Å². The van der Waals surface area contributed by atoms with Gasteiger partial charge in [-0.2, -0.15) is 0 Å². The zero-order chi connectivity index (χ0) is 14.5. The number of benzene rings is 1. The van der Waals surface area contributed by atoms with Gasteiger partial charge in [0.2, 0.25) is 0 Å². The van der Waals surface area contributed by atoms with Crippen molar-refractivity contribution in [2.75, 3.05) is 53.4 Å². The number of hydrogen-bond acceptors (Lipinski definition) is 4. The molecule has 5 heteroatoms. The van der Waals surface area contributed by atoms with E-state index in [-0.39, 0.29) is 5.75 Å². The molecule has 1 aliphatic heterocycles. The van der Waals surface area contributed by atoms with Crippen LogP contribution in [-0.2, 0) is 6.54 Å². The molecule has 0 unspecified atom stereocenters. The van der Waals surface area contributed by atoms with Gasteiger partial charge in [-0.3, -0.25) is 9.80 Å². The van der Waals surface area contributed by atoms with Crippen LogP contribution in [0.25, 0.3) is 0 Å². The predicted molar refractivity (Wildman–Crippen MR) is 83.4 cm³/mol. The first-order valence-electron chi connectivity index (χ1n) is 7.12. The molecule has 112 valence electrons. The molecule has 1 aromatic rings. The highest BCUT2D eigenvalue weighted by molar-refractivity contribution is 6.32. The summed E-state index contributed by atoms with van der Waals surface area (Å²) >= 11 is 5.94. The highest BCUT2D eigenvalue weighted by atomic mass is 35.5. The van der Waals surface area contributed by atoms with E-state index in [1.807, 2.05) is 12.1 Å². The van der Waals surface area contributed by atoms with Crippen molar-refractivity contribution >= 4 is 11.6 Å². The van der Waals surface area contributed by atoms with Crippen LogP contribution >= 0.6 is 11.6 Å². The fourth-order valence-electron chi connectivity index (χ4n) is 2.44. The first-order chi connectivity index (χ1) is 9.56. The lowest BCUT2D eigenvalue weighted by molar-refractivity contribution is 0.120. The van der Waals surface area contributed by atoms with Crippen LogP contribution in [0.4, 0.5) is 0 Å². The highest BCUT2D eigenvalue weighted by Gasteiger charge is 2.18. The van der Waals surface area contributed by atoms with Crippen LogP contribution in [0.2, 0.25) is 5.02 Å². The third-order valence-electron chi connectivity index (χ3n) is 3.79. The Hall–Kier alpha value is -0.810.